The van der Waals surface area contributed by atoms with Gasteiger partial charge in [-0.3, -0.25) is 19.1 Å². The molecular formula is C18H17F3N2O6S. The average Bonchev–Trinajstić information content (AvgIpc) is 2.61. The van der Waals surface area contributed by atoms with Gasteiger partial charge in [-0.25, -0.2) is 8.42 Å². The van der Waals surface area contributed by atoms with E-state index in [1.54, 1.807) is 0 Å². The van der Waals surface area contributed by atoms with Crippen molar-refractivity contribution < 1.29 is 35.9 Å². The van der Waals surface area contributed by atoms with Crippen LogP contribution in [0.3, 0.4) is 0 Å². The zero-order valence-electron chi connectivity index (χ0n) is 15.8. The zero-order valence-corrected chi connectivity index (χ0v) is 16.6. The summed E-state index contributed by atoms with van der Waals surface area (Å²) in [4.78, 5) is 36.0. The predicted molar refractivity (Wildman–Crippen MR) is 100 cm³/mol. The van der Waals surface area contributed by atoms with Gasteiger partial charge in [0.05, 0.1) is 11.8 Å². The Kier molecular flexibility index (Phi) is 6.70. The molecule has 0 saturated carbocycles. The summed E-state index contributed by atoms with van der Waals surface area (Å²) in [6, 6.07) is 6.58. The first-order valence-corrected chi connectivity index (χ1v) is 10.2. The van der Waals surface area contributed by atoms with Crippen LogP contribution in [0.5, 0.6) is 0 Å². The van der Waals surface area contributed by atoms with Crippen molar-refractivity contribution in [3.8, 4) is 0 Å². The SMILES string of the molecule is CC(OC(=O)Cn1cc(C(F)(F)F)ccc1=O)C(=O)c1ccc(NS(C)(=O)=O)cc1. The largest absolute Gasteiger partial charge is 0.453 e. The van der Waals surface area contributed by atoms with Gasteiger partial charge in [-0.05, 0) is 37.3 Å². The first-order chi connectivity index (χ1) is 13.8. The minimum absolute atomic E-state index is 0.116. The van der Waals surface area contributed by atoms with Crippen molar-refractivity contribution in [1.29, 1.82) is 0 Å². The number of ether oxygens (including phenoxy) is 1. The molecule has 1 N–H and O–H groups in total. The first kappa shape index (κ1) is 23.1. The van der Waals surface area contributed by atoms with Crippen molar-refractivity contribution in [1.82, 2.24) is 4.57 Å². The Morgan fingerprint density at radius 2 is 1.73 bits per heavy atom. The number of rotatable bonds is 7. The highest BCUT2D eigenvalue weighted by Gasteiger charge is 2.31. The monoisotopic (exact) mass is 446 g/mol. The highest BCUT2D eigenvalue weighted by atomic mass is 32.2. The van der Waals surface area contributed by atoms with E-state index in [2.05, 4.69) is 4.72 Å². The molecule has 30 heavy (non-hydrogen) atoms. The van der Waals surface area contributed by atoms with Crippen molar-refractivity contribution in [2.24, 2.45) is 0 Å². The fourth-order valence-corrected chi connectivity index (χ4v) is 2.97. The van der Waals surface area contributed by atoms with Crippen LogP contribution in [0.4, 0.5) is 18.9 Å². The maximum atomic E-state index is 12.7. The molecule has 1 heterocycles. The summed E-state index contributed by atoms with van der Waals surface area (Å²) in [6.45, 7) is 0.454. The predicted octanol–water partition coefficient (Wildman–Crippen LogP) is 2.05. The summed E-state index contributed by atoms with van der Waals surface area (Å²) in [5.74, 6) is -1.70. The van der Waals surface area contributed by atoms with E-state index in [4.69, 9.17) is 4.74 Å². The third-order valence-corrected chi connectivity index (χ3v) is 4.37. The molecule has 0 aliphatic rings. The summed E-state index contributed by atoms with van der Waals surface area (Å²) in [5.41, 5.74) is -1.61. The fraction of sp³-hybridized carbons (Fsp3) is 0.278. The van der Waals surface area contributed by atoms with E-state index < -0.39 is 51.7 Å². The van der Waals surface area contributed by atoms with E-state index in [1.807, 2.05) is 0 Å². The third kappa shape index (κ3) is 6.44. The molecule has 1 unspecified atom stereocenters. The number of ketones is 1. The van der Waals surface area contributed by atoms with Gasteiger partial charge in [-0.1, -0.05) is 0 Å². The van der Waals surface area contributed by atoms with Crippen molar-refractivity contribution in [3.05, 3.63) is 64.1 Å². The molecule has 2 aromatic rings. The van der Waals surface area contributed by atoms with Gasteiger partial charge in [0.25, 0.3) is 5.56 Å². The van der Waals surface area contributed by atoms with Crippen LogP contribution in [0.15, 0.2) is 47.4 Å². The number of hydrogen-bond acceptors (Lipinski definition) is 6. The molecule has 0 spiro atoms. The molecule has 0 bridgehead atoms. The lowest BCUT2D eigenvalue weighted by Gasteiger charge is -2.14. The lowest BCUT2D eigenvalue weighted by atomic mass is 10.1. The Balaban J connectivity index is 2.05. The van der Waals surface area contributed by atoms with E-state index in [1.165, 1.54) is 31.2 Å². The van der Waals surface area contributed by atoms with Crippen molar-refractivity contribution in [3.63, 3.8) is 0 Å². The van der Waals surface area contributed by atoms with Crippen LogP contribution < -0.4 is 10.3 Å². The molecule has 1 aromatic heterocycles. The van der Waals surface area contributed by atoms with E-state index in [0.717, 1.165) is 6.26 Å². The normalized spacial score (nSPS) is 12.8. The maximum absolute atomic E-state index is 12.7. The molecule has 0 fully saturated rings. The van der Waals surface area contributed by atoms with Crippen LogP contribution in [-0.2, 0) is 32.3 Å². The molecule has 1 aromatic carbocycles. The second-order valence-corrected chi connectivity index (χ2v) is 8.08. The topological polar surface area (TPSA) is 112 Å². The average molecular weight is 446 g/mol. The second-order valence-electron chi connectivity index (χ2n) is 6.33. The molecule has 1 atom stereocenters. The molecule has 0 radical (unpaired) electrons. The van der Waals surface area contributed by atoms with Crippen LogP contribution in [0.25, 0.3) is 0 Å². The summed E-state index contributed by atoms with van der Waals surface area (Å²) >= 11 is 0. The van der Waals surface area contributed by atoms with Crippen molar-refractivity contribution >= 4 is 27.5 Å². The number of hydrogen-bond donors (Lipinski definition) is 1. The second kappa shape index (κ2) is 8.69. The van der Waals surface area contributed by atoms with E-state index in [-0.39, 0.29) is 11.3 Å². The number of pyridine rings is 1. The van der Waals surface area contributed by atoms with Gasteiger partial charge in [-0.2, -0.15) is 13.2 Å². The highest BCUT2D eigenvalue weighted by Crippen LogP contribution is 2.28. The van der Waals surface area contributed by atoms with Gasteiger partial charge in [0.1, 0.15) is 6.54 Å². The fourth-order valence-electron chi connectivity index (χ4n) is 2.40. The van der Waals surface area contributed by atoms with Gasteiger partial charge >= 0.3 is 12.1 Å². The summed E-state index contributed by atoms with van der Waals surface area (Å²) in [7, 11) is -3.49. The highest BCUT2D eigenvalue weighted by molar-refractivity contribution is 7.92. The molecule has 0 saturated heterocycles. The first-order valence-electron chi connectivity index (χ1n) is 8.35. The van der Waals surface area contributed by atoms with E-state index in [0.29, 0.717) is 22.9 Å². The number of esters is 1. The Hall–Kier alpha value is -3.15. The number of aromatic nitrogens is 1. The maximum Gasteiger partial charge on any atom is 0.417 e. The van der Waals surface area contributed by atoms with Crippen LogP contribution in [-0.4, -0.2) is 37.1 Å². The number of nitrogens with one attached hydrogen (secondary N) is 1. The van der Waals surface area contributed by atoms with Crippen LogP contribution in [0, 0.1) is 0 Å². The van der Waals surface area contributed by atoms with Crippen LogP contribution in [0.2, 0.25) is 0 Å². The molecule has 162 valence electrons. The Morgan fingerprint density at radius 3 is 2.27 bits per heavy atom. The Labute approximate surface area is 169 Å². The Bertz CT molecular complexity index is 1110. The number of alkyl halides is 3. The third-order valence-electron chi connectivity index (χ3n) is 3.76. The lowest BCUT2D eigenvalue weighted by molar-refractivity contribution is -0.147. The summed E-state index contributed by atoms with van der Waals surface area (Å²) in [6.07, 6.45) is -4.53. The molecule has 0 aliphatic carbocycles. The van der Waals surface area contributed by atoms with Gasteiger partial charge in [0, 0.05) is 23.5 Å². The minimum atomic E-state index is -4.69. The van der Waals surface area contributed by atoms with Gasteiger partial charge in [0.15, 0.2) is 6.10 Å². The van der Waals surface area contributed by atoms with Crippen molar-refractivity contribution in [2.75, 3.05) is 11.0 Å². The smallest absolute Gasteiger partial charge is 0.417 e. The number of halogens is 3. The zero-order chi connectivity index (χ0) is 22.7. The number of carbonyl (C=O) groups is 2. The van der Waals surface area contributed by atoms with Crippen molar-refractivity contribution in [2.45, 2.75) is 25.7 Å². The standard InChI is InChI=1S/C18H17F3N2O6S/c1-11(17(26)12-3-6-14(7-4-12)22-30(2,27)28)29-16(25)10-23-9-13(18(19,20)21)5-8-15(23)24/h3-9,11,22H,10H2,1-2H3. The van der Waals surface area contributed by atoms with Gasteiger partial charge < -0.3 is 9.30 Å². The molecule has 8 nitrogen and oxygen atoms in total. The lowest BCUT2D eigenvalue weighted by Crippen LogP contribution is -2.30. The molecule has 0 aliphatic heterocycles. The van der Waals surface area contributed by atoms with Crippen LogP contribution >= 0.6 is 0 Å². The number of carbonyl (C=O) groups excluding carboxylic acids is 2. The molecule has 0 amide bonds. The molecule has 2 rings (SSSR count). The summed E-state index contributed by atoms with van der Waals surface area (Å²) in [5, 5.41) is 0. The minimum Gasteiger partial charge on any atom is -0.453 e. The van der Waals surface area contributed by atoms with E-state index >= 15 is 0 Å². The number of nitrogens with zero attached hydrogens (tertiary/aromatic N) is 1. The van der Waals surface area contributed by atoms with Crippen LogP contribution in [0.1, 0.15) is 22.8 Å². The quantitative estimate of drug-likeness (QED) is 0.515. The van der Waals surface area contributed by atoms with E-state index in [9.17, 15) is 36.0 Å². The summed E-state index contributed by atoms with van der Waals surface area (Å²) < 4.78 is 68.3. The number of benzene rings is 1. The number of sulfonamides is 1. The molecule has 12 heteroatoms. The van der Waals surface area contributed by atoms with Gasteiger partial charge in [-0.15, -0.1) is 0 Å². The van der Waals surface area contributed by atoms with Gasteiger partial charge in [0.2, 0.25) is 15.8 Å². The molecular weight excluding hydrogens is 429 g/mol. The number of Topliss-reactive ketones (excluding diaryl/α,β-unsaturated/α-hetero) is 1. The number of anilines is 1. The Morgan fingerprint density at radius 1 is 1.13 bits per heavy atom.